The fourth-order valence-electron chi connectivity index (χ4n) is 4.96. The molecule has 2 unspecified atom stereocenters. The van der Waals surface area contributed by atoms with Crippen LogP contribution in [-0.2, 0) is 17.7 Å². The molecule has 5 rings (SSSR count). The Hall–Kier alpha value is -3.72. The Morgan fingerprint density at radius 2 is 1.77 bits per heavy atom. The van der Waals surface area contributed by atoms with E-state index in [-0.39, 0.29) is 18.5 Å². The second-order valence-corrected chi connectivity index (χ2v) is 9.97. The van der Waals surface area contributed by atoms with Gasteiger partial charge in [-0.15, -0.1) is 0 Å². The molecule has 1 aromatic heterocycles. The quantitative estimate of drug-likeness (QED) is 0.230. The van der Waals surface area contributed by atoms with Gasteiger partial charge >= 0.3 is 0 Å². The van der Waals surface area contributed by atoms with Crippen LogP contribution < -0.4 is 9.47 Å². The van der Waals surface area contributed by atoms with Crippen molar-refractivity contribution in [3.8, 4) is 23.1 Å². The summed E-state index contributed by atoms with van der Waals surface area (Å²) in [4.78, 5) is 2.16. The summed E-state index contributed by atoms with van der Waals surface area (Å²) < 4.78 is 34.5. The van der Waals surface area contributed by atoms with Gasteiger partial charge in [-0.2, -0.15) is 5.10 Å². The molecule has 8 heteroatoms. The third-order valence-corrected chi connectivity index (χ3v) is 6.92. The molecule has 1 saturated heterocycles. The molecule has 0 radical (unpaired) electrons. The van der Waals surface area contributed by atoms with Gasteiger partial charge in [0.2, 0.25) is 5.88 Å². The van der Waals surface area contributed by atoms with Gasteiger partial charge in [0.15, 0.2) is 11.6 Å². The van der Waals surface area contributed by atoms with Crippen LogP contribution >= 0.6 is 0 Å². The van der Waals surface area contributed by atoms with Crippen molar-refractivity contribution >= 4 is 0 Å². The maximum absolute atomic E-state index is 14.7. The van der Waals surface area contributed by atoms with Crippen molar-refractivity contribution in [3.63, 3.8) is 0 Å². The number of para-hydroxylation sites is 3. The number of rotatable bonds is 13. The summed E-state index contributed by atoms with van der Waals surface area (Å²) in [7, 11) is 0. The number of aliphatic hydroxyl groups excluding tert-OH is 1. The molecule has 0 spiro atoms. The number of ether oxygens (including phenoxy) is 3. The zero-order chi connectivity index (χ0) is 27.7. The molecule has 2 atom stereocenters. The molecule has 0 bridgehead atoms. The Morgan fingerprint density at radius 1 is 1.05 bits per heavy atom. The number of halogens is 1. The van der Waals surface area contributed by atoms with Crippen LogP contribution in [0.25, 0.3) is 5.69 Å². The summed E-state index contributed by atoms with van der Waals surface area (Å²) in [6.07, 6.45) is 2.00. The monoisotopic (exact) mass is 545 g/mol. The molecule has 0 aliphatic carbocycles. The third kappa shape index (κ3) is 7.07. The fraction of sp³-hybridized carbons (Fsp3) is 0.344. The summed E-state index contributed by atoms with van der Waals surface area (Å²) in [6, 6.07) is 25.5. The number of hydrogen-bond acceptors (Lipinski definition) is 6. The van der Waals surface area contributed by atoms with E-state index >= 15 is 0 Å². The molecular formula is C32H36FN3O4. The third-order valence-electron chi connectivity index (χ3n) is 6.92. The average Bonchev–Trinajstić information content (AvgIpc) is 3.62. The van der Waals surface area contributed by atoms with Gasteiger partial charge in [0, 0.05) is 26.2 Å². The molecule has 4 aromatic rings. The Kier molecular flexibility index (Phi) is 9.44. The van der Waals surface area contributed by atoms with Crippen LogP contribution in [0.1, 0.15) is 31.0 Å². The van der Waals surface area contributed by atoms with Crippen molar-refractivity contribution in [1.29, 1.82) is 0 Å². The number of hydrogen-bond donors (Lipinski definition) is 1. The van der Waals surface area contributed by atoms with Crippen LogP contribution in [0.2, 0.25) is 0 Å². The van der Waals surface area contributed by atoms with Gasteiger partial charge in [0.05, 0.1) is 23.0 Å². The number of aromatic nitrogens is 2. The van der Waals surface area contributed by atoms with Gasteiger partial charge in [0.1, 0.15) is 18.5 Å². The first-order valence-electron chi connectivity index (χ1n) is 13.9. The van der Waals surface area contributed by atoms with Crippen molar-refractivity contribution in [2.24, 2.45) is 0 Å². The van der Waals surface area contributed by atoms with E-state index in [1.165, 1.54) is 6.07 Å². The van der Waals surface area contributed by atoms with Crippen LogP contribution in [0.5, 0.6) is 17.4 Å². The molecule has 2 heterocycles. The molecule has 0 saturated carbocycles. The fourth-order valence-corrected chi connectivity index (χ4v) is 4.96. The predicted molar refractivity (Wildman–Crippen MR) is 152 cm³/mol. The van der Waals surface area contributed by atoms with Crippen molar-refractivity contribution in [1.82, 2.24) is 14.7 Å². The Balaban J connectivity index is 1.44. The maximum atomic E-state index is 14.7. The molecule has 210 valence electrons. The van der Waals surface area contributed by atoms with E-state index in [0.29, 0.717) is 37.7 Å². The summed E-state index contributed by atoms with van der Waals surface area (Å²) in [5.41, 5.74) is 2.52. The van der Waals surface area contributed by atoms with E-state index in [0.717, 1.165) is 36.4 Å². The highest BCUT2D eigenvalue weighted by Gasteiger charge is 2.27. The Bertz CT molecular complexity index is 1340. The summed E-state index contributed by atoms with van der Waals surface area (Å²) in [5.74, 6) is 0.855. The van der Waals surface area contributed by atoms with Gasteiger partial charge in [-0.1, -0.05) is 55.5 Å². The average molecular weight is 546 g/mol. The number of aliphatic hydroxyl groups is 1. The molecule has 7 nitrogen and oxygen atoms in total. The van der Waals surface area contributed by atoms with E-state index in [1.54, 1.807) is 22.9 Å². The van der Waals surface area contributed by atoms with Crippen LogP contribution in [0.3, 0.4) is 0 Å². The van der Waals surface area contributed by atoms with Crippen molar-refractivity contribution in [3.05, 3.63) is 102 Å². The Labute approximate surface area is 234 Å². The molecular weight excluding hydrogens is 509 g/mol. The zero-order valence-electron chi connectivity index (χ0n) is 22.8. The minimum absolute atomic E-state index is 0.0763. The second kappa shape index (κ2) is 13.6. The molecule has 3 aromatic carbocycles. The lowest BCUT2D eigenvalue weighted by atomic mass is 10.1. The highest BCUT2D eigenvalue weighted by molar-refractivity contribution is 5.44. The van der Waals surface area contributed by atoms with Gasteiger partial charge in [-0.05, 0) is 55.7 Å². The molecule has 40 heavy (non-hydrogen) atoms. The first-order chi connectivity index (χ1) is 19.6. The summed E-state index contributed by atoms with van der Waals surface area (Å²) >= 11 is 0. The number of benzene rings is 3. The largest absolute Gasteiger partial charge is 0.491 e. The normalized spacial score (nSPS) is 15.8. The van der Waals surface area contributed by atoms with Crippen molar-refractivity contribution < 1.29 is 23.7 Å². The first-order valence-corrected chi connectivity index (χ1v) is 13.9. The molecule has 1 aliphatic heterocycles. The van der Waals surface area contributed by atoms with E-state index in [9.17, 15) is 9.50 Å². The van der Waals surface area contributed by atoms with E-state index in [1.807, 2.05) is 67.6 Å². The number of aryl methyl sites for hydroxylation is 1. The van der Waals surface area contributed by atoms with Crippen LogP contribution in [0.15, 0.2) is 84.9 Å². The SMILES string of the molecule is CCc1nn(-c2ccccc2)c(Oc2ccccc2F)c1CN(CC(O)COc1ccccc1)CC1CCCO1. The van der Waals surface area contributed by atoms with Crippen LogP contribution in [0, 0.1) is 5.82 Å². The lowest BCUT2D eigenvalue weighted by Gasteiger charge is -2.28. The Morgan fingerprint density at radius 3 is 2.48 bits per heavy atom. The molecule has 1 aliphatic rings. The minimum atomic E-state index is -0.730. The minimum Gasteiger partial charge on any atom is -0.491 e. The topological polar surface area (TPSA) is 69.0 Å². The number of nitrogens with zero attached hydrogens (tertiary/aromatic N) is 3. The lowest BCUT2D eigenvalue weighted by Crippen LogP contribution is -2.39. The standard InChI is InChI=1S/C32H36FN3O4/c1-2-30-28(32(40-31-18-10-9-17-29(31)33)36(34-30)24-12-5-3-6-13-24)22-35(21-27-16-11-19-38-27)20-25(37)23-39-26-14-7-4-8-15-26/h3-10,12-15,17-18,25,27,37H,2,11,16,19-23H2,1H3. The van der Waals surface area contributed by atoms with Crippen molar-refractivity contribution in [2.75, 3.05) is 26.3 Å². The predicted octanol–water partition coefficient (Wildman–Crippen LogP) is 5.79. The highest BCUT2D eigenvalue weighted by Crippen LogP contribution is 2.33. The maximum Gasteiger partial charge on any atom is 0.227 e. The van der Waals surface area contributed by atoms with Crippen molar-refractivity contribution in [2.45, 2.75) is 44.9 Å². The second-order valence-electron chi connectivity index (χ2n) is 9.97. The van der Waals surface area contributed by atoms with Gasteiger partial charge < -0.3 is 19.3 Å². The van der Waals surface area contributed by atoms with E-state index < -0.39 is 11.9 Å². The lowest BCUT2D eigenvalue weighted by molar-refractivity contribution is 0.0310. The zero-order valence-corrected chi connectivity index (χ0v) is 22.8. The van der Waals surface area contributed by atoms with Crippen LogP contribution in [-0.4, -0.2) is 58.3 Å². The molecule has 0 amide bonds. The molecule has 1 fully saturated rings. The summed E-state index contributed by atoms with van der Waals surface area (Å²) in [6.45, 7) is 4.40. The van der Waals surface area contributed by atoms with E-state index in [4.69, 9.17) is 19.3 Å². The molecule has 1 N–H and O–H groups in total. The first kappa shape index (κ1) is 27.8. The van der Waals surface area contributed by atoms with E-state index in [2.05, 4.69) is 4.90 Å². The van der Waals surface area contributed by atoms with Gasteiger partial charge in [-0.25, -0.2) is 9.07 Å². The smallest absolute Gasteiger partial charge is 0.227 e. The van der Waals surface area contributed by atoms with Gasteiger partial charge in [0.25, 0.3) is 0 Å². The van der Waals surface area contributed by atoms with Gasteiger partial charge in [-0.3, -0.25) is 4.90 Å². The highest BCUT2D eigenvalue weighted by atomic mass is 19.1. The van der Waals surface area contributed by atoms with Crippen LogP contribution in [0.4, 0.5) is 4.39 Å². The summed E-state index contributed by atoms with van der Waals surface area (Å²) in [5, 5.41) is 15.9.